The zero-order valence-electron chi connectivity index (χ0n) is 10.1. The summed E-state index contributed by atoms with van der Waals surface area (Å²) in [4.78, 5) is 0. The molecule has 0 saturated heterocycles. The van der Waals surface area contributed by atoms with E-state index in [4.69, 9.17) is 21.1 Å². The molecule has 0 N–H and O–H groups in total. The Labute approximate surface area is 121 Å². The van der Waals surface area contributed by atoms with Crippen LogP contribution in [0, 0.1) is 5.92 Å². The summed E-state index contributed by atoms with van der Waals surface area (Å²) in [7, 11) is 0. The zero-order chi connectivity index (χ0) is 12.5. The lowest BCUT2D eigenvalue weighted by molar-refractivity contribution is 0.171. The Balaban J connectivity index is 1.81. The molecule has 1 atom stereocenters. The van der Waals surface area contributed by atoms with E-state index in [2.05, 4.69) is 15.9 Å². The van der Waals surface area contributed by atoms with Crippen LogP contribution >= 0.6 is 27.5 Å². The van der Waals surface area contributed by atoms with E-state index < -0.39 is 0 Å². The summed E-state index contributed by atoms with van der Waals surface area (Å²) in [6, 6.07) is 3.99. The second-order valence-corrected chi connectivity index (χ2v) is 6.40. The van der Waals surface area contributed by atoms with Crippen molar-refractivity contribution in [3.05, 3.63) is 22.2 Å². The highest BCUT2D eigenvalue weighted by Crippen LogP contribution is 2.43. The quantitative estimate of drug-likeness (QED) is 0.748. The number of rotatable bonds is 3. The molecular weight excluding hydrogens is 316 g/mol. The van der Waals surface area contributed by atoms with Crippen molar-refractivity contribution in [1.82, 2.24) is 0 Å². The monoisotopic (exact) mass is 330 g/mol. The summed E-state index contributed by atoms with van der Waals surface area (Å²) in [5.74, 6) is 2.43. The first-order valence-corrected chi connectivity index (χ1v) is 7.70. The van der Waals surface area contributed by atoms with Crippen LogP contribution < -0.4 is 9.47 Å². The molecule has 4 heteroatoms. The molecule has 1 aromatic rings. The minimum atomic E-state index is 0.0560. The Bertz CT molecular complexity index is 446. The molecule has 1 aliphatic carbocycles. The van der Waals surface area contributed by atoms with Crippen LogP contribution in [0.2, 0.25) is 0 Å². The Morgan fingerprint density at radius 3 is 2.50 bits per heavy atom. The molecule has 98 valence electrons. The third-order valence-corrected chi connectivity index (χ3v) is 4.86. The number of fused-ring (bicyclic) bond motifs is 1. The van der Waals surface area contributed by atoms with Gasteiger partial charge < -0.3 is 9.47 Å². The van der Waals surface area contributed by atoms with Crippen molar-refractivity contribution in [3.63, 3.8) is 0 Å². The first-order chi connectivity index (χ1) is 8.74. The summed E-state index contributed by atoms with van der Waals surface area (Å²) in [5.41, 5.74) is 1.12. The fraction of sp³-hybridized carbons (Fsp3) is 0.571. The third-order valence-electron chi connectivity index (χ3n) is 3.76. The van der Waals surface area contributed by atoms with E-state index in [0.29, 0.717) is 13.2 Å². The fourth-order valence-corrected chi connectivity index (χ4v) is 3.63. The predicted molar refractivity (Wildman–Crippen MR) is 75.7 cm³/mol. The van der Waals surface area contributed by atoms with Crippen molar-refractivity contribution in [1.29, 1.82) is 0 Å². The fourth-order valence-electron chi connectivity index (χ4n) is 2.47. The lowest BCUT2D eigenvalue weighted by Gasteiger charge is -2.28. The van der Waals surface area contributed by atoms with Gasteiger partial charge in [0.2, 0.25) is 0 Å². The van der Waals surface area contributed by atoms with Gasteiger partial charge in [0, 0.05) is 4.47 Å². The number of hydrogen-bond donors (Lipinski definition) is 0. The molecule has 0 spiro atoms. The van der Waals surface area contributed by atoms with Gasteiger partial charge in [-0.25, -0.2) is 0 Å². The maximum absolute atomic E-state index is 6.54. The summed E-state index contributed by atoms with van der Waals surface area (Å²) in [6.45, 7) is 1.23. The van der Waals surface area contributed by atoms with Crippen molar-refractivity contribution >= 4 is 27.5 Å². The van der Waals surface area contributed by atoms with Crippen LogP contribution in [0.25, 0.3) is 0 Å². The number of benzene rings is 1. The summed E-state index contributed by atoms with van der Waals surface area (Å²) >= 11 is 10.1. The first-order valence-electron chi connectivity index (χ1n) is 6.47. The average Bonchev–Trinajstić information content (AvgIpc) is 2.32. The van der Waals surface area contributed by atoms with Gasteiger partial charge >= 0.3 is 0 Å². The Morgan fingerprint density at radius 1 is 1.22 bits per heavy atom. The van der Waals surface area contributed by atoms with E-state index in [1.165, 1.54) is 19.3 Å². The number of hydrogen-bond acceptors (Lipinski definition) is 2. The second kappa shape index (κ2) is 5.30. The highest BCUT2D eigenvalue weighted by molar-refractivity contribution is 9.10. The molecule has 0 bridgehead atoms. The predicted octanol–water partition coefficient (Wildman–Crippen LogP) is 4.69. The van der Waals surface area contributed by atoms with Gasteiger partial charge in [0.25, 0.3) is 0 Å². The summed E-state index contributed by atoms with van der Waals surface area (Å²) in [5, 5.41) is 0.0560. The van der Waals surface area contributed by atoms with Crippen LogP contribution in [-0.4, -0.2) is 13.2 Å². The standard InChI is InChI=1S/C14H16BrClO2/c15-11-8-14-13(17-4-5-18-14)7-10(11)12(16)6-9-2-1-3-9/h7-9,12H,1-6H2. The van der Waals surface area contributed by atoms with Crippen LogP contribution in [0.1, 0.15) is 36.6 Å². The van der Waals surface area contributed by atoms with Gasteiger partial charge in [0.15, 0.2) is 11.5 Å². The first kappa shape index (κ1) is 12.6. The average molecular weight is 332 g/mol. The molecule has 2 nitrogen and oxygen atoms in total. The van der Waals surface area contributed by atoms with Gasteiger partial charge in [-0.2, -0.15) is 0 Å². The van der Waals surface area contributed by atoms with Gasteiger partial charge in [-0.1, -0.05) is 35.2 Å². The molecule has 0 aromatic heterocycles. The second-order valence-electron chi connectivity index (χ2n) is 5.02. The number of ether oxygens (including phenoxy) is 2. The van der Waals surface area contributed by atoms with E-state index in [1.807, 2.05) is 12.1 Å². The van der Waals surface area contributed by atoms with E-state index in [-0.39, 0.29) is 5.38 Å². The molecule has 1 saturated carbocycles. The molecular formula is C14H16BrClO2. The van der Waals surface area contributed by atoms with Gasteiger partial charge in [0.1, 0.15) is 13.2 Å². The maximum Gasteiger partial charge on any atom is 0.162 e. The largest absolute Gasteiger partial charge is 0.486 e. The van der Waals surface area contributed by atoms with Crippen molar-refractivity contribution in [2.45, 2.75) is 31.1 Å². The lowest BCUT2D eigenvalue weighted by atomic mass is 9.81. The maximum atomic E-state index is 6.54. The Hall–Kier alpha value is -0.410. The lowest BCUT2D eigenvalue weighted by Crippen LogP contribution is -2.16. The summed E-state index contributed by atoms with van der Waals surface area (Å²) in [6.07, 6.45) is 5.06. The van der Waals surface area contributed by atoms with Crippen LogP contribution in [-0.2, 0) is 0 Å². The molecule has 1 aliphatic heterocycles. The Morgan fingerprint density at radius 2 is 1.89 bits per heavy atom. The SMILES string of the molecule is ClC(CC1CCC1)c1cc2c(cc1Br)OCCO2. The smallest absolute Gasteiger partial charge is 0.162 e. The van der Waals surface area contributed by atoms with Crippen molar-refractivity contribution < 1.29 is 9.47 Å². The van der Waals surface area contributed by atoms with Gasteiger partial charge in [0.05, 0.1) is 5.38 Å². The third kappa shape index (κ3) is 2.48. The van der Waals surface area contributed by atoms with Crippen molar-refractivity contribution in [3.8, 4) is 11.5 Å². The number of halogens is 2. The Kier molecular flexibility index (Phi) is 3.71. The molecule has 2 aliphatic rings. The van der Waals surface area contributed by atoms with Crippen LogP contribution in [0.4, 0.5) is 0 Å². The highest BCUT2D eigenvalue weighted by atomic mass is 79.9. The van der Waals surface area contributed by atoms with Crippen molar-refractivity contribution in [2.24, 2.45) is 5.92 Å². The molecule has 3 rings (SSSR count). The summed E-state index contributed by atoms with van der Waals surface area (Å²) < 4.78 is 12.2. The molecule has 0 radical (unpaired) electrons. The number of alkyl halides is 1. The van der Waals surface area contributed by atoms with Crippen molar-refractivity contribution in [2.75, 3.05) is 13.2 Å². The minimum absolute atomic E-state index is 0.0560. The minimum Gasteiger partial charge on any atom is -0.486 e. The molecule has 1 aromatic carbocycles. The molecule has 18 heavy (non-hydrogen) atoms. The van der Waals surface area contributed by atoms with Gasteiger partial charge in [-0.05, 0) is 30.0 Å². The van der Waals surface area contributed by atoms with Crippen LogP contribution in [0.5, 0.6) is 11.5 Å². The highest BCUT2D eigenvalue weighted by Gasteiger charge is 2.24. The van der Waals surface area contributed by atoms with Gasteiger partial charge in [-0.15, -0.1) is 11.6 Å². The zero-order valence-corrected chi connectivity index (χ0v) is 12.5. The van der Waals surface area contributed by atoms with E-state index >= 15 is 0 Å². The normalized spacial score (nSPS) is 20.3. The molecule has 1 fully saturated rings. The van der Waals surface area contributed by atoms with Gasteiger partial charge in [-0.3, -0.25) is 0 Å². The molecule has 1 unspecified atom stereocenters. The topological polar surface area (TPSA) is 18.5 Å². The van der Waals surface area contributed by atoms with E-state index in [1.54, 1.807) is 0 Å². The molecule has 0 amide bonds. The van der Waals surface area contributed by atoms with E-state index in [0.717, 1.165) is 33.9 Å². The van der Waals surface area contributed by atoms with Crippen LogP contribution in [0.3, 0.4) is 0 Å². The molecule has 1 heterocycles. The van der Waals surface area contributed by atoms with Crippen LogP contribution in [0.15, 0.2) is 16.6 Å². The van der Waals surface area contributed by atoms with E-state index in [9.17, 15) is 0 Å².